The molecule has 5 nitrogen and oxygen atoms in total. The van der Waals surface area contributed by atoms with Crippen LogP contribution in [0.15, 0.2) is 24.8 Å². The number of likely N-dealkylation sites (N-methyl/N-ethyl adjacent to an activating group) is 1. The molecule has 0 fully saturated rings. The Morgan fingerprint density at radius 2 is 2.24 bits per heavy atom. The number of hydrogen-bond acceptors (Lipinski definition) is 3. The zero-order valence-electron chi connectivity index (χ0n) is 10.4. The molecular weight excluding hydrogens is 214 g/mol. The molecule has 0 aliphatic heterocycles. The summed E-state index contributed by atoms with van der Waals surface area (Å²) in [6, 6.07) is 2.05. The molecule has 0 aliphatic rings. The molecule has 0 spiro atoms. The predicted molar refractivity (Wildman–Crippen MR) is 66.8 cm³/mol. The van der Waals surface area contributed by atoms with Gasteiger partial charge in [-0.3, -0.25) is 4.68 Å². The maximum atomic E-state index is 4.38. The molecule has 17 heavy (non-hydrogen) atoms. The summed E-state index contributed by atoms with van der Waals surface area (Å²) < 4.78 is 4.05. The van der Waals surface area contributed by atoms with Gasteiger partial charge in [0.25, 0.3) is 0 Å². The topological polar surface area (TPSA) is 47.7 Å². The van der Waals surface area contributed by atoms with E-state index in [1.807, 2.05) is 31.3 Å². The van der Waals surface area contributed by atoms with E-state index in [-0.39, 0.29) is 0 Å². The Balaban J connectivity index is 1.87. The number of rotatable bonds is 6. The number of hydrogen-bond donors (Lipinski definition) is 1. The van der Waals surface area contributed by atoms with Crippen molar-refractivity contribution in [3.63, 3.8) is 0 Å². The van der Waals surface area contributed by atoms with E-state index in [1.165, 1.54) is 5.69 Å². The maximum Gasteiger partial charge on any atom is 0.0949 e. The summed E-state index contributed by atoms with van der Waals surface area (Å²) in [4.78, 5) is 4.38. The molecule has 0 radical (unpaired) electrons. The Hall–Kier alpha value is -1.62. The molecule has 2 heterocycles. The number of nitrogens with one attached hydrogen (secondary N) is 1. The smallest absolute Gasteiger partial charge is 0.0949 e. The highest BCUT2D eigenvalue weighted by Gasteiger charge is 2.01. The predicted octanol–water partition coefficient (Wildman–Crippen LogP) is 0.621. The van der Waals surface area contributed by atoms with Crippen molar-refractivity contribution in [2.24, 2.45) is 7.05 Å². The highest BCUT2D eigenvalue weighted by Crippen LogP contribution is 2.02. The average Bonchev–Trinajstić information content (AvgIpc) is 2.93. The number of nitrogens with zero attached hydrogens (tertiary/aromatic N) is 4. The van der Waals surface area contributed by atoms with Gasteiger partial charge in [0.15, 0.2) is 0 Å². The van der Waals surface area contributed by atoms with Crippen LogP contribution < -0.4 is 5.32 Å². The van der Waals surface area contributed by atoms with Gasteiger partial charge in [-0.1, -0.05) is 0 Å². The lowest BCUT2D eigenvalue weighted by Crippen LogP contribution is -2.10. The van der Waals surface area contributed by atoms with E-state index in [0.29, 0.717) is 0 Å². The first-order chi connectivity index (χ1) is 8.29. The molecule has 2 rings (SSSR count). The van der Waals surface area contributed by atoms with Gasteiger partial charge in [0.05, 0.1) is 12.0 Å². The molecule has 92 valence electrons. The molecule has 0 unspecified atom stereocenters. The Kier molecular flexibility index (Phi) is 3.93. The second kappa shape index (κ2) is 5.63. The van der Waals surface area contributed by atoms with Crippen molar-refractivity contribution in [2.75, 3.05) is 13.6 Å². The molecule has 0 saturated heterocycles. The molecular formula is C12H19N5. The van der Waals surface area contributed by atoms with Gasteiger partial charge in [0.2, 0.25) is 0 Å². The van der Waals surface area contributed by atoms with Gasteiger partial charge < -0.3 is 9.88 Å². The Labute approximate surface area is 101 Å². The second-order valence-electron chi connectivity index (χ2n) is 4.15. The third-order valence-electron chi connectivity index (χ3n) is 2.87. The van der Waals surface area contributed by atoms with Crippen molar-refractivity contribution in [1.82, 2.24) is 24.6 Å². The molecule has 0 aromatic carbocycles. The minimum Gasteiger partial charge on any atom is -0.337 e. The van der Waals surface area contributed by atoms with Crippen molar-refractivity contribution in [1.29, 1.82) is 0 Å². The minimum atomic E-state index is 0.950. The number of imidazole rings is 1. The molecule has 2 aromatic heterocycles. The van der Waals surface area contributed by atoms with Crippen LogP contribution in [-0.4, -0.2) is 32.9 Å². The zero-order chi connectivity index (χ0) is 12.1. The fourth-order valence-corrected chi connectivity index (χ4v) is 1.80. The van der Waals surface area contributed by atoms with Crippen LogP contribution in [0.25, 0.3) is 0 Å². The fourth-order valence-electron chi connectivity index (χ4n) is 1.80. The quantitative estimate of drug-likeness (QED) is 0.795. The van der Waals surface area contributed by atoms with Gasteiger partial charge in [-0.2, -0.15) is 5.10 Å². The number of aromatic nitrogens is 4. The first-order valence-electron chi connectivity index (χ1n) is 5.91. The van der Waals surface area contributed by atoms with Crippen LogP contribution in [-0.2, 0) is 26.4 Å². The van der Waals surface area contributed by atoms with Crippen LogP contribution in [0, 0.1) is 0 Å². The molecule has 0 saturated carbocycles. The summed E-state index contributed by atoms with van der Waals surface area (Å²) >= 11 is 0. The third kappa shape index (κ3) is 3.17. The van der Waals surface area contributed by atoms with Crippen LogP contribution in [0.1, 0.15) is 11.4 Å². The fraction of sp³-hybridized carbons (Fsp3) is 0.500. The van der Waals surface area contributed by atoms with Crippen LogP contribution >= 0.6 is 0 Å². The van der Waals surface area contributed by atoms with Gasteiger partial charge in [0.1, 0.15) is 0 Å². The molecule has 0 bridgehead atoms. The Morgan fingerprint density at radius 1 is 1.35 bits per heavy atom. The summed E-state index contributed by atoms with van der Waals surface area (Å²) in [6.45, 7) is 1.92. The number of aryl methyl sites for hydroxylation is 3. The van der Waals surface area contributed by atoms with Gasteiger partial charge in [0, 0.05) is 51.1 Å². The average molecular weight is 233 g/mol. The van der Waals surface area contributed by atoms with Gasteiger partial charge in [-0.15, -0.1) is 0 Å². The van der Waals surface area contributed by atoms with Crippen LogP contribution in [0.5, 0.6) is 0 Å². The van der Waals surface area contributed by atoms with Crippen LogP contribution in [0.2, 0.25) is 0 Å². The molecule has 5 heteroatoms. The van der Waals surface area contributed by atoms with E-state index >= 15 is 0 Å². The lowest BCUT2D eigenvalue weighted by atomic mass is 10.3. The van der Waals surface area contributed by atoms with E-state index < -0.39 is 0 Å². The molecule has 0 atom stereocenters. The minimum absolute atomic E-state index is 0.950. The largest absolute Gasteiger partial charge is 0.337 e. The third-order valence-corrected chi connectivity index (χ3v) is 2.87. The van der Waals surface area contributed by atoms with E-state index in [0.717, 1.165) is 31.6 Å². The first-order valence-corrected chi connectivity index (χ1v) is 5.91. The summed E-state index contributed by atoms with van der Waals surface area (Å²) in [6.07, 6.45) is 7.82. The molecule has 0 amide bonds. The lowest BCUT2D eigenvalue weighted by molar-refractivity contribution is 0.636. The van der Waals surface area contributed by atoms with Gasteiger partial charge in [-0.25, -0.2) is 4.98 Å². The monoisotopic (exact) mass is 233 g/mol. The van der Waals surface area contributed by atoms with Crippen molar-refractivity contribution in [2.45, 2.75) is 19.4 Å². The van der Waals surface area contributed by atoms with E-state index in [4.69, 9.17) is 0 Å². The van der Waals surface area contributed by atoms with Crippen LogP contribution in [0.3, 0.4) is 0 Å². The van der Waals surface area contributed by atoms with Crippen molar-refractivity contribution in [3.05, 3.63) is 36.2 Å². The van der Waals surface area contributed by atoms with Gasteiger partial charge in [-0.05, 0) is 13.1 Å². The lowest BCUT2D eigenvalue weighted by Gasteiger charge is -2.02. The van der Waals surface area contributed by atoms with Crippen molar-refractivity contribution < 1.29 is 0 Å². The zero-order valence-corrected chi connectivity index (χ0v) is 10.4. The standard InChI is InChI=1S/C12H19N5/c1-13-6-3-11-9-17(10-14-11)8-5-12-4-7-15-16(12)2/h4,7,9-10,13H,3,5-6,8H2,1-2H3. The van der Waals surface area contributed by atoms with Crippen LogP contribution in [0.4, 0.5) is 0 Å². The van der Waals surface area contributed by atoms with Crippen molar-refractivity contribution >= 4 is 0 Å². The maximum absolute atomic E-state index is 4.38. The summed E-state index contributed by atoms with van der Waals surface area (Å²) in [5.41, 5.74) is 2.39. The highest BCUT2D eigenvalue weighted by atomic mass is 15.3. The molecule has 1 N–H and O–H groups in total. The van der Waals surface area contributed by atoms with E-state index in [1.54, 1.807) is 0 Å². The Bertz CT molecular complexity index is 457. The SMILES string of the molecule is CNCCc1cn(CCc2ccnn2C)cn1. The first kappa shape index (κ1) is 11.9. The summed E-state index contributed by atoms with van der Waals surface area (Å²) in [7, 11) is 3.93. The summed E-state index contributed by atoms with van der Waals surface area (Å²) in [5.74, 6) is 0. The normalized spacial score (nSPS) is 10.9. The van der Waals surface area contributed by atoms with Crippen molar-refractivity contribution in [3.8, 4) is 0 Å². The second-order valence-corrected chi connectivity index (χ2v) is 4.15. The molecule has 0 aliphatic carbocycles. The van der Waals surface area contributed by atoms with Gasteiger partial charge >= 0.3 is 0 Å². The molecule has 2 aromatic rings. The summed E-state index contributed by atoms with van der Waals surface area (Å²) in [5, 5.41) is 7.28. The Morgan fingerprint density at radius 3 is 2.94 bits per heavy atom. The van der Waals surface area contributed by atoms with E-state index in [2.05, 4.69) is 32.2 Å². The highest BCUT2D eigenvalue weighted by molar-refractivity contribution is 5.01. The van der Waals surface area contributed by atoms with E-state index in [9.17, 15) is 0 Å².